The summed E-state index contributed by atoms with van der Waals surface area (Å²) in [4.78, 5) is 11.9. The highest BCUT2D eigenvalue weighted by atomic mass is 16.5. The van der Waals surface area contributed by atoms with E-state index in [1.54, 1.807) is 10.6 Å². The van der Waals surface area contributed by atoms with Crippen molar-refractivity contribution in [3.8, 4) is 0 Å². The lowest BCUT2D eigenvalue weighted by Crippen LogP contribution is -2.33. The summed E-state index contributed by atoms with van der Waals surface area (Å²) in [5.41, 5.74) is 1.27. The molecular weight excluding hydrogens is 238 g/mol. The number of rotatable bonds is 2. The van der Waals surface area contributed by atoms with E-state index in [1.807, 2.05) is 19.2 Å². The van der Waals surface area contributed by atoms with Crippen LogP contribution < -0.4 is 5.56 Å². The third kappa shape index (κ3) is 2.76. The number of hydrogen-bond acceptors (Lipinski definition) is 2. The van der Waals surface area contributed by atoms with Crippen LogP contribution in [0.4, 0.5) is 0 Å². The molecule has 0 bridgehead atoms. The Balaban J connectivity index is 1.67. The van der Waals surface area contributed by atoms with Gasteiger partial charge in [-0.1, -0.05) is 19.3 Å². The second-order valence-electron chi connectivity index (χ2n) is 6.22. The molecule has 3 heteroatoms. The second kappa shape index (κ2) is 5.12. The Morgan fingerprint density at radius 3 is 2.84 bits per heavy atom. The SMILES string of the molecule is Cc1ccn(CC2CCC3(CCCCC3)O2)c(=O)c1. The van der Waals surface area contributed by atoms with Gasteiger partial charge in [-0.25, -0.2) is 0 Å². The van der Waals surface area contributed by atoms with E-state index in [9.17, 15) is 4.79 Å². The maximum absolute atomic E-state index is 11.9. The molecular formula is C16H23NO2. The Morgan fingerprint density at radius 1 is 1.32 bits per heavy atom. The maximum Gasteiger partial charge on any atom is 0.250 e. The van der Waals surface area contributed by atoms with Gasteiger partial charge in [-0.2, -0.15) is 0 Å². The van der Waals surface area contributed by atoms with Gasteiger partial charge in [-0.3, -0.25) is 4.79 Å². The van der Waals surface area contributed by atoms with E-state index < -0.39 is 0 Å². The summed E-state index contributed by atoms with van der Waals surface area (Å²) >= 11 is 0. The van der Waals surface area contributed by atoms with Crippen LogP contribution in [0.15, 0.2) is 23.1 Å². The van der Waals surface area contributed by atoms with Crippen molar-refractivity contribution < 1.29 is 4.74 Å². The molecule has 1 aliphatic heterocycles. The van der Waals surface area contributed by atoms with Gasteiger partial charge in [0.15, 0.2) is 0 Å². The van der Waals surface area contributed by atoms with Crippen molar-refractivity contribution in [1.82, 2.24) is 4.57 Å². The summed E-state index contributed by atoms with van der Waals surface area (Å²) in [5.74, 6) is 0. The van der Waals surface area contributed by atoms with E-state index in [4.69, 9.17) is 4.74 Å². The lowest BCUT2D eigenvalue weighted by atomic mass is 9.83. The standard InChI is InChI=1S/C16H23NO2/c1-13-6-10-17(15(18)11-13)12-14-5-9-16(19-14)7-3-2-4-8-16/h6,10-11,14H,2-5,7-9,12H2,1H3. The molecule has 2 heterocycles. The molecule has 1 saturated carbocycles. The third-order valence-corrected chi connectivity index (χ3v) is 4.66. The monoisotopic (exact) mass is 261 g/mol. The van der Waals surface area contributed by atoms with Gasteiger partial charge in [0.2, 0.25) is 0 Å². The largest absolute Gasteiger partial charge is 0.370 e. The molecule has 0 radical (unpaired) electrons. The first-order chi connectivity index (χ1) is 9.17. The average Bonchev–Trinajstić information content (AvgIpc) is 2.77. The van der Waals surface area contributed by atoms with Gasteiger partial charge in [0.05, 0.1) is 18.2 Å². The molecule has 1 aromatic rings. The number of pyridine rings is 1. The van der Waals surface area contributed by atoms with Gasteiger partial charge in [0.1, 0.15) is 0 Å². The molecule has 1 aliphatic carbocycles. The molecule has 1 aromatic heterocycles. The van der Waals surface area contributed by atoms with Gasteiger partial charge in [0, 0.05) is 12.3 Å². The Morgan fingerprint density at radius 2 is 2.11 bits per heavy atom. The summed E-state index contributed by atoms with van der Waals surface area (Å²) in [6.45, 7) is 2.66. The number of aromatic nitrogens is 1. The minimum Gasteiger partial charge on any atom is -0.370 e. The zero-order chi connectivity index (χ0) is 13.3. The lowest BCUT2D eigenvalue weighted by Gasteiger charge is -2.33. The summed E-state index contributed by atoms with van der Waals surface area (Å²) in [7, 11) is 0. The summed E-state index contributed by atoms with van der Waals surface area (Å²) in [6, 6.07) is 3.69. The molecule has 1 spiro atoms. The van der Waals surface area contributed by atoms with Gasteiger partial charge in [-0.15, -0.1) is 0 Å². The molecule has 1 atom stereocenters. The molecule has 1 unspecified atom stereocenters. The Hall–Kier alpha value is -1.09. The number of hydrogen-bond donors (Lipinski definition) is 0. The minimum absolute atomic E-state index is 0.0909. The molecule has 104 valence electrons. The Bertz CT molecular complexity index is 500. The predicted octanol–water partition coefficient (Wildman–Crippen LogP) is 3.04. The van der Waals surface area contributed by atoms with Gasteiger partial charge in [0.25, 0.3) is 5.56 Å². The quantitative estimate of drug-likeness (QED) is 0.819. The van der Waals surface area contributed by atoms with E-state index in [2.05, 4.69) is 0 Å². The highest BCUT2D eigenvalue weighted by Gasteiger charge is 2.40. The molecule has 0 aromatic carbocycles. The topological polar surface area (TPSA) is 31.2 Å². The third-order valence-electron chi connectivity index (χ3n) is 4.66. The van der Waals surface area contributed by atoms with Gasteiger partial charge < -0.3 is 9.30 Å². The number of ether oxygens (including phenoxy) is 1. The van der Waals surface area contributed by atoms with E-state index in [0.29, 0.717) is 6.54 Å². The van der Waals surface area contributed by atoms with Crippen molar-refractivity contribution in [2.75, 3.05) is 0 Å². The van der Waals surface area contributed by atoms with E-state index in [0.717, 1.165) is 12.0 Å². The smallest absolute Gasteiger partial charge is 0.250 e. The van der Waals surface area contributed by atoms with Crippen molar-refractivity contribution in [2.24, 2.45) is 0 Å². The summed E-state index contributed by atoms with van der Waals surface area (Å²) in [5, 5.41) is 0. The van der Waals surface area contributed by atoms with Crippen molar-refractivity contribution in [2.45, 2.75) is 70.1 Å². The zero-order valence-corrected chi connectivity index (χ0v) is 11.7. The van der Waals surface area contributed by atoms with Crippen LogP contribution in [0.2, 0.25) is 0 Å². The first-order valence-electron chi connectivity index (χ1n) is 7.52. The highest BCUT2D eigenvalue weighted by molar-refractivity contribution is 5.08. The Kier molecular flexibility index (Phi) is 3.48. The van der Waals surface area contributed by atoms with Crippen molar-refractivity contribution >= 4 is 0 Å². The minimum atomic E-state index is 0.0909. The van der Waals surface area contributed by atoms with Crippen molar-refractivity contribution in [3.05, 3.63) is 34.2 Å². The van der Waals surface area contributed by atoms with Crippen LogP contribution in [0.25, 0.3) is 0 Å². The molecule has 0 N–H and O–H groups in total. The normalized spacial score (nSPS) is 25.8. The fourth-order valence-corrected chi connectivity index (χ4v) is 3.56. The van der Waals surface area contributed by atoms with Crippen LogP contribution in [0.5, 0.6) is 0 Å². The molecule has 3 rings (SSSR count). The molecule has 3 nitrogen and oxygen atoms in total. The van der Waals surface area contributed by atoms with Crippen LogP contribution in [0, 0.1) is 6.92 Å². The second-order valence-corrected chi connectivity index (χ2v) is 6.22. The van der Waals surface area contributed by atoms with E-state index in [-0.39, 0.29) is 17.3 Å². The van der Waals surface area contributed by atoms with Crippen LogP contribution in [-0.2, 0) is 11.3 Å². The fourth-order valence-electron chi connectivity index (χ4n) is 3.56. The molecule has 19 heavy (non-hydrogen) atoms. The van der Waals surface area contributed by atoms with Crippen LogP contribution >= 0.6 is 0 Å². The van der Waals surface area contributed by atoms with Crippen molar-refractivity contribution in [3.63, 3.8) is 0 Å². The fraction of sp³-hybridized carbons (Fsp3) is 0.688. The molecule has 2 aliphatic rings. The first-order valence-corrected chi connectivity index (χ1v) is 7.52. The molecule has 1 saturated heterocycles. The van der Waals surface area contributed by atoms with E-state index in [1.165, 1.54) is 38.5 Å². The highest BCUT2D eigenvalue weighted by Crippen LogP contribution is 2.42. The average molecular weight is 261 g/mol. The molecule has 2 fully saturated rings. The van der Waals surface area contributed by atoms with Crippen LogP contribution in [-0.4, -0.2) is 16.3 Å². The van der Waals surface area contributed by atoms with E-state index >= 15 is 0 Å². The Labute approximate surface area is 114 Å². The van der Waals surface area contributed by atoms with Crippen molar-refractivity contribution in [1.29, 1.82) is 0 Å². The van der Waals surface area contributed by atoms with Gasteiger partial charge >= 0.3 is 0 Å². The summed E-state index contributed by atoms with van der Waals surface area (Å²) in [6.07, 6.45) is 10.8. The maximum atomic E-state index is 11.9. The first kappa shape index (κ1) is 12.9. The van der Waals surface area contributed by atoms with Crippen LogP contribution in [0.3, 0.4) is 0 Å². The number of aryl methyl sites for hydroxylation is 1. The zero-order valence-electron chi connectivity index (χ0n) is 11.7. The van der Waals surface area contributed by atoms with Gasteiger partial charge in [-0.05, 0) is 44.2 Å². The lowest BCUT2D eigenvalue weighted by molar-refractivity contribution is -0.0682. The molecule has 0 amide bonds. The number of nitrogens with zero attached hydrogens (tertiary/aromatic N) is 1. The van der Waals surface area contributed by atoms with Crippen LogP contribution in [0.1, 0.15) is 50.5 Å². The predicted molar refractivity (Wildman–Crippen MR) is 75.4 cm³/mol. The summed E-state index contributed by atoms with van der Waals surface area (Å²) < 4.78 is 8.11.